The molecule has 136 valence electrons. The van der Waals surface area contributed by atoms with Crippen LogP contribution in [0.5, 0.6) is 5.75 Å². The molecule has 1 aromatic carbocycles. The number of anilines is 1. The summed E-state index contributed by atoms with van der Waals surface area (Å²) in [7, 11) is 0. The molecule has 0 unspecified atom stereocenters. The van der Waals surface area contributed by atoms with Crippen LogP contribution in [0, 0.1) is 25.2 Å². The van der Waals surface area contributed by atoms with Crippen molar-refractivity contribution in [1.29, 1.82) is 5.26 Å². The first-order chi connectivity index (χ1) is 12.6. The fraction of sp³-hybridized carbons (Fsp3) is 0.429. The van der Waals surface area contributed by atoms with Crippen molar-refractivity contribution in [2.45, 2.75) is 52.4 Å². The summed E-state index contributed by atoms with van der Waals surface area (Å²) >= 11 is 1.57. The van der Waals surface area contributed by atoms with E-state index in [-0.39, 0.29) is 5.91 Å². The molecule has 1 aromatic heterocycles. The lowest BCUT2D eigenvalue weighted by Crippen LogP contribution is -2.13. The minimum absolute atomic E-state index is 0.0512. The molecule has 1 aliphatic rings. The van der Waals surface area contributed by atoms with Crippen LogP contribution in [0.1, 0.15) is 52.8 Å². The van der Waals surface area contributed by atoms with Crippen molar-refractivity contribution in [3.8, 4) is 11.8 Å². The number of aryl methyl sites for hydroxylation is 3. The Kier molecular flexibility index (Phi) is 5.95. The van der Waals surface area contributed by atoms with Gasteiger partial charge < -0.3 is 10.1 Å². The highest BCUT2D eigenvalue weighted by atomic mass is 32.1. The van der Waals surface area contributed by atoms with Gasteiger partial charge in [0, 0.05) is 11.3 Å². The van der Waals surface area contributed by atoms with Crippen LogP contribution >= 0.6 is 11.3 Å². The first-order valence-electron chi connectivity index (χ1n) is 9.13. The number of fused-ring (bicyclic) bond motifs is 1. The Hall–Kier alpha value is -2.32. The largest absolute Gasteiger partial charge is 0.493 e. The zero-order valence-electron chi connectivity index (χ0n) is 15.4. The summed E-state index contributed by atoms with van der Waals surface area (Å²) < 4.78 is 5.80. The zero-order chi connectivity index (χ0) is 18.5. The standard InChI is InChI=1S/C21H24N2O2S/c1-14-9-10-15(2)18(12-14)25-11-5-8-20(24)23-21-17(13-22)16-6-3-4-7-19(16)26-21/h9-10,12H,3-8,11H2,1-2H3,(H,23,24). The van der Waals surface area contributed by atoms with E-state index in [1.165, 1.54) is 11.3 Å². The molecule has 0 fully saturated rings. The Bertz CT molecular complexity index is 848. The Labute approximate surface area is 158 Å². The van der Waals surface area contributed by atoms with Gasteiger partial charge in [-0.05, 0) is 68.7 Å². The molecular weight excluding hydrogens is 344 g/mol. The summed E-state index contributed by atoms with van der Waals surface area (Å²) in [5, 5.41) is 13.1. The van der Waals surface area contributed by atoms with Crippen LogP contribution < -0.4 is 10.1 Å². The van der Waals surface area contributed by atoms with E-state index in [1.54, 1.807) is 11.3 Å². The normalized spacial score (nSPS) is 13.0. The van der Waals surface area contributed by atoms with E-state index in [0.29, 0.717) is 25.0 Å². The second-order valence-corrected chi connectivity index (χ2v) is 7.90. The molecule has 1 amide bonds. The van der Waals surface area contributed by atoms with Crippen LogP contribution in [-0.2, 0) is 17.6 Å². The van der Waals surface area contributed by atoms with Gasteiger partial charge in [0.05, 0.1) is 12.2 Å². The summed E-state index contributed by atoms with van der Waals surface area (Å²) in [6.45, 7) is 4.56. The fourth-order valence-corrected chi connectivity index (χ4v) is 4.49. The lowest BCUT2D eigenvalue weighted by molar-refractivity contribution is -0.116. The first-order valence-corrected chi connectivity index (χ1v) is 9.94. The summed E-state index contributed by atoms with van der Waals surface area (Å²) in [6.07, 6.45) is 5.30. The van der Waals surface area contributed by atoms with Crippen LogP contribution in [0.4, 0.5) is 5.00 Å². The molecule has 2 aromatic rings. The molecule has 3 rings (SSSR count). The molecule has 0 saturated heterocycles. The van der Waals surface area contributed by atoms with Crippen molar-refractivity contribution in [2.75, 3.05) is 11.9 Å². The molecule has 5 heteroatoms. The van der Waals surface area contributed by atoms with Gasteiger partial charge in [-0.25, -0.2) is 0 Å². The van der Waals surface area contributed by atoms with E-state index < -0.39 is 0 Å². The van der Waals surface area contributed by atoms with Gasteiger partial charge in [-0.2, -0.15) is 5.26 Å². The number of nitrogens with zero attached hydrogens (tertiary/aromatic N) is 1. The lowest BCUT2D eigenvalue weighted by Gasteiger charge is -2.10. The minimum Gasteiger partial charge on any atom is -0.493 e. The van der Waals surface area contributed by atoms with Crippen molar-refractivity contribution in [3.63, 3.8) is 0 Å². The molecule has 26 heavy (non-hydrogen) atoms. The Morgan fingerprint density at radius 1 is 1.31 bits per heavy atom. The third-order valence-electron chi connectivity index (χ3n) is 4.69. The highest BCUT2D eigenvalue weighted by molar-refractivity contribution is 7.16. The highest BCUT2D eigenvalue weighted by Gasteiger charge is 2.21. The average Bonchev–Trinajstić information content (AvgIpc) is 2.98. The fourth-order valence-electron chi connectivity index (χ4n) is 3.24. The highest BCUT2D eigenvalue weighted by Crippen LogP contribution is 2.37. The number of carbonyl (C=O) groups excluding carboxylic acids is 1. The van der Waals surface area contributed by atoms with E-state index in [4.69, 9.17) is 4.74 Å². The lowest BCUT2D eigenvalue weighted by atomic mass is 9.96. The maximum absolute atomic E-state index is 12.3. The van der Waals surface area contributed by atoms with Crippen LogP contribution in [0.25, 0.3) is 0 Å². The number of carbonyl (C=O) groups is 1. The molecule has 1 N–H and O–H groups in total. The van der Waals surface area contributed by atoms with Crippen LogP contribution in [0.3, 0.4) is 0 Å². The number of hydrogen-bond acceptors (Lipinski definition) is 4. The van der Waals surface area contributed by atoms with Crippen molar-refractivity contribution in [3.05, 3.63) is 45.3 Å². The number of nitriles is 1. The third-order valence-corrected chi connectivity index (χ3v) is 5.89. The van der Waals surface area contributed by atoms with Crippen molar-refractivity contribution >= 4 is 22.2 Å². The maximum atomic E-state index is 12.3. The topological polar surface area (TPSA) is 62.1 Å². The van der Waals surface area contributed by atoms with Gasteiger partial charge in [0.2, 0.25) is 5.91 Å². The molecule has 1 aliphatic carbocycles. The van der Waals surface area contributed by atoms with Crippen molar-refractivity contribution in [1.82, 2.24) is 0 Å². The molecule has 0 bridgehead atoms. The van der Waals surface area contributed by atoms with Gasteiger partial charge in [-0.15, -0.1) is 11.3 Å². The maximum Gasteiger partial charge on any atom is 0.225 e. The van der Waals surface area contributed by atoms with Crippen LogP contribution in [0.2, 0.25) is 0 Å². The van der Waals surface area contributed by atoms with Crippen molar-refractivity contribution in [2.24, 2.45) is 0 Å². The van der Waals surface area contributed by atoms with Crippen LogP contribution in [0.15, 0.2) is 18.2 Å². The Balaban J connectivity index is 1.51. The van der Waals surface area contributed by atoms with Gasteiger partial charge in [0.1, 0.15) is 16.8 Å². The molecule has 0 radical (unpaired) electrons. The number of amides is 1. The smallest absolute Gasteiger partial charge is 0.225 e. The minimum atomic E-state index is -0.0512. The molecule has 0 saturated carbocycles. The third kappa shape index (κ3) is 4.25. The SMILES string of the molecule is Cc1ccc(C)c(OCCCC(=O)Nc2sc3c(c2C#N)CCCC3)c1. The number of thiophene rings is 1. The first kappa shape index (κ1) is 18.5. The number of ether oxygens (including phenoxy) is 1. The average molecular weight is 369 g/mol. The molecule has 0 atom stereocenters. The van der Waals surface area contributed by atoms with Gasteiger partial charge in [0.25, 0.3) is 0 Å². The number of benzene rings is 1. The molecular formula is C21H24N2O2S. The summed E-state index contributed by atoms with van der Waals surface area (Å²) in [5.41, 5.74) is 4.08. The van der Waals surface area contributed by atoms with Gasteiger partial charge in [-0.3, -0.25) is 4.79 Å². The zero-order valence-corrected chi connectivity index (χ0v) is 16.2. The second kappa shape index (κ2) is 8.37. The monoisotopic (exact) mass is 368 g/mol. The van der Waals surface area contributed by atoms with Gasteiger partial charge in [0.15, 0.2) is 0 Å². The summed E-state index contributed by atoms with van der Waals surface area (Å²) in [4.78, 5) is 13.5. The molecule has 0 spiro atoms. The van der Waals surface area contributed by atoms with E-state index >= 15 is 0 Å². The van der Waals surface area contributed by atoms with Gasteiger partial charge >= 0.3 is 0 Å². The predicted molar refractivity (Wildman–Crippen MR) is 105 cm³/mol. The summed E-state index contributed by atoms with van der Waals surface area (Å²) in [5.74, 6) is 0.827. The van der Waals surface area contributed by atoms with Gasteiger partial charge in [-0.1, -0.05) is 12.1 Å². The number of hydrogen-bond donors (Lipinski definition) is 1. The van der Waals surface area contributed by atoms with E-state index in [2.05, 4.69) is 17.5 Å². The van der Waals surface area contributed by atoms with E-state index in [9.17, 15) is 10.1 Å². The predicted octanol–water partition coefficient (Wildman–Crippen LogP) is 4.91. The number of nitrogens with one attached hydrogen (secondary N) is 1. The molecule has 0 aliphatic heterocycles. The molecule has 4 nitrogen and oxygen atoms in total. The summed E-state index contributed by atoms with van der Waals surface area (Å²) in [6, 6.07) is 8.40. The quantitative estimate of drug-likeness (QED) is 0.737. The molecule has 1 heterocycles. The Morgan fingerprint density at radius 3 is 2.92 bits per heavy atom. The second-order valence-electron chi connectivity index (χ2n) is 6.80. The Morgan fingerprint density at radius 2 is 2.12 bits per heavy atom. The number of rotatable bonds is 6. The van der Waals surface area contributed by atoms with Crippen LogP contribution in [-0.4, -0.2) is 12.5 Å². The van der Waals surface area contributed by atoms with E-state index in [1.807, 2.05) is 26.0 Å². The van der Waals surface area contributed by atoms with Crippen molar-refractivity contribution < 1.29 is 9.53 Å². The van der Waals surface area contributed by atoms with E-state index in [0.717, 1.165) is 46.7 Å².